The third kappa shape index (κ3) is 3.49. The lowest BCUT2D eigenvalue weighted by atomic mass is 10.1. The van der Waals surface area contributed by atoms with Gasteiger partial charge < -0.3 is 10.1 Å². The van der Waals surface area contributed by atoms with Crippen LogP contribution in [-0.2, 0) is 0 Å². The lowest BCUT2D eigenvalue weighted by Gasteiger charge is -2.11. The van der Waals surface area contributed by atoms with E-state index in [1.807, 2.05) is 49.5 Å². The molecular formula is C19H18N4OS. The van der Waals surface area contributed by atoms with Gasteiger partial charge in [0.05, 0.1) is 18.4 Å². The molecule has 2 heterocycles. The number of para-hydroxylation sites is 1. The maximum absolute atomic E-state index is 5.98. The molecule has 0 aliphatic carbocycles. The second-order valence-corrected chi connectivity index (χ2v) is 6.61. The summed E-state index contributed by atoms with van der Waals surface area (Å²) in [5, 5.41) is 8.59. The van der Waals surface area contributed by atoms with Crippen LogP contribution in [0.3, 0.4) is 0 Å². The van der Waals surface area contributed by atoms with Crippen LogP contribution >= 0.6 is 11.3 Å². The third-order valence-corrected chi connectivity index (χ3v) is 4.65. The minimum absolute atomic E-state index is 0.560. The first-order valence-corrected chi connectivity index (χ1v) is 8.95. The normalized spacial score (nSPS) is 10.9. The van der Waals surface area contributed by atoms with E-state index < -0.39 is 0 Å². The molecule has 0 fully saturated rings. The fraction of sp³-hybridized carbons (Fsp3) is 0.158. The Labute approximate surface area is 149 Å². The van der Waals surface area contributed by atoms with Crippen molar-refractivity contribution in [1.82, 2.24) is 14.6 Å². The van der Waals surface area contributed by atoms with Crippen LogP contribution in [0.5, 0.6) is 5.75 Å². The van der Waals surface area contributed by atoms with E-state index in [2.05, 4.69) is 33.6 Å². The molecule has 0 radical (unpaired) electrons. The largest absolute Gasteiger partial charge is 0.491 e. The molecule has 0 saturated carbocycles. The minimum Gasteiger partial charge on any atom is -0.491 e. The molecule has 0 unspecified atom stereocenters. The molecule has 5 nitrogen and oxygen atoms in total. The molecule has 2 aromatic carbocycles. The summed E-state index contributed by atoms with van der Waals surface area (Å²) in [6.45, 7) is 3.20. The van der Waals surface area contributed by atoms with Crippen molar-refractivity contribution in [3.05, 3.63) is 66.5 Å². The summed E-state index contributed by atoms with van der Waals surface area (Å²) < 4.78 is 7.78. The highest BCUT2D eigenvalue weighted by molar-refractivity contribution is 7.20. The minimum atomic E-state index is 0.560. The number of nitrogens with zero attached hydrogens (tertiary/aromatic N) is 3. The van der Waals surface area contributed by atoms with Crippen LogP contribution in [0, 0.1) is 6.92 Å². The van der Waals surface area contributed by atoms with Crippen molar-refractivity contribution in [2.24, 2.45) is 0 Å². The molecule has 0 atom stereocenters. The predicted molar refractivity (Wildman–Crippen MR) is 101 cm³/mol. The number of imidazole rings is 1. The van der Waals surface area contributed by atoms with E-state index in [9.17, 15) is 0 Å². The van der Waals surface area contributed by atoms with E-state index in [1.165, 1.54) is 11.3 Å². The first-order valence-electron chi connectivity index (χ1n) is 8.13. The average Bonchev–Trinajstić information content (AvgIpc) is 3.16. The van der Waals surface area contributed by atoms with Gasteiger partial charge in [0.2, 0.25) is 10.1 Å². The Morgan fingerprint density at radius 2 is 1.88 bits per heavy atom. The number of aryl methyl sites for hydroxylation is 1. The molecule has 2 aromatic heterocycles. The van der Waals surface area contributed by atoms with Gasteiger partial charge in [0.15, 0.2) is 0 Å². The van der Waals surface area contributed by atoms with Crippen molar-refractivity contribution in [2.45, 2.75) is 6.92 Å². The van der Waals surface area contributed by atoms with Crippen LogP contribution in [0.2, 0.25) is 0 Å². The summed E-state index contributed by atoms with van der Waals surface area (Å²) in [4.78, 5) is 5.30. The SMILES string of the molecule is Cc1cn2nc(NCCOc3ccccc3-c3ccccc3)sc2n1. The van der Waals surface area contributed by atoms with Gasteiger partial charge in [-0.2, -0.15) is 0 Å². The molecule has 1 N–H and O–H groups in total. The molecule has 0 bridgehead atoms. The van der Waals surface area contributed by atoms with Crippen molar-refractivity contribution in [1.29, 1.82) is 0 Å². The van der Waals surface area contributed by atoms with Crippen LogP contribution in [0.4, 0.5) is 5.13 Å². The van der Waals surface area contributed by atoms with E-state index in [1.54, 1.807) is 4.52 Å². The molecule has 0 amide bonds. The highest BCUT2D eigenvalue weighted by Gasteiger charge is 2.07. The number of nitrogens with one attached hydrogen (secondary N) is 1. The van der Waals surface area contributed by atoms with Crippen molar-refractivity contribution in [3.8, 4) is 16.9 Å². The lowest BCUT2D eigenvalue weighted by molar-refractivity contribution is 0.334. The smallest absolute Gasteiger partial charge is 0.214 e. The Kier molecular flexibility index (Phi) is 4.35. The molecule has 0 spiro atoms. The highest BCUT2D eigenvalue weighted by atomic mass is 32.1. The molecule has 126 valence electrons. The number of hydrogen-bond donors (Lipinski definition) is 1. The monoisotopic (exact) mass is 350 g/mol. The number of rotatable bonds is 6. The number of anilines is 1. The summed E-state index contributed by atoms with van der Waals surface area (Å²) in [5.74, 6) is 0.889. The van der Waals surface area contributed by atoms with Gasteiger partial charge in [0.25, 0.3) is 0 Å². The summed E-state index contributed by atoms with van der Waals surface area (Å²) in [6, 6.07) is 18.4. The summed E-state index contributed by atoms with van der Waals surface area (Å²) in [5.41, 5.74) is 3.24. The van der Waals surface area contributed by atoms with Gasteiger partial charge in [-0.05, 0) is 18.6 Å². The Hall–Kier alpha value is -2.86. The van der Waals surface area contributed by atoms with E-state index in [-0.39, 0.29) is 0 Å². The average molecular weight is 350 g/mol. The third-order valence-electron chi connectivity index (χ3n) is 3.77. The highest BCUT2D eigenvalue weighted by Crippen LogP contribution is 2.29. The van der Waals surface area contributed by atoms with E-state index in [0.717, 1.165) is 32.7 Å². The second-order valence-electron chi connectivity index (χ2n) is 5.65. The maximum Gasteiger partial charge on any atom is 0.214 e. The molecular weight excluding hydrogens is 332 g/mol. The predicted octanol–water partition coefficient (Wildman–Crippen LogP) is 4.26. The Morgan fingerprint density at radius 3 is 2.72 bits per heavy atom. The molecule has 0 aliphatic rings. The number of hydrogen-bond acceptors (Lipinski definition) is 5. The van der Waals surface area contributed by atoms with Crippen molar-refractivity contribution >= 4 is 21.4 Å². The topological polar surface area (TPSA) is 51.5 Å². The van der Waals surface area contributed by atoms with Gasteiger partial charge >= 0.3 is 0 Å². The first-order chi connectivity index (χ1) is 12.3. The Morgan fingerprint density at radius 1 is 1.08 bits per heavy atom. The molecule has 4 aromatic rings. The van der Waals surface area contributed by atoms with Gasteiger partial charge in [0, 0.05) is 5.56 Å². The summed E-state index contributed by atoms with van der Waals surface area (Å²) in [6.07, 6.45) is 1.92. The van der Waals surface area contributed by atoms with Crippen LogP contribution < -0.4 is 10.1 Å². The van der Waals surface area contributed by atoms with E-state index >= 15 is 0 Å². The lowest BCUT2D eigenvalue weighted by Crippen LogP contribution is -2.11. The fourth-order valence-corrected chi connectivity index (χ4v) is 3.50. The van der Waals surface area contributed by atoms with Crippen LogP contribution in [0.15, 0.2) is 60.8 Å². The standard InChI is InChI=1S/C19H18N4OS/c1-14-13-23-19(21-14)25-18(22-23)20-11-12-24-17-10-6-5-9-16(17)15-7-3-2-4-8-15/h2-10,13H,11-12H2,1H3,(H,20,22). The first kappa shape index (κ1) is 15.7. The van der Waals surface area contributed by atoms with Gasteiger partial charge in [-0.3, -0.25) is 0 Å². The molecule has 0 aliphatic heterocycles. The molecule has 4 rings (SSSR count). The van der Waals surface area contributed by atoms with Gasteiger partial charge in [0.1, 0.15) is 12.4 Å². The summed E-state index contributed by atoms with van der Waals surface area (Å²) in [7, 11) is 0. The van der Waals surface area contributed by atoms with Gasteiger partial charge in [-0.25, -0.2) is 9.50 Å². The van der Waals surface area contributed by atoms with Crippen molar-refractivity contribution in [2.75, 3.05) is 18.5 Å². The van der Waals surface area contributed by atoms with Crippen LogP contribution in [0.1, 0.15) is 5.69 Å². The zero-order valence-electron chi connectivity index (χ0n) is 13.8. The zero-order chi connectivity index (χ0) is 17.1. The van der Waals surface area contributed by atoms with Gasteiger partial charge in [-0.1, -0.05) is 59.9 Å². The second kappa shape index (κ2) is 6.94. The van der Waals surface area contributed by atoms with Crippen LogP contribution in [-0.4, -0.2) is 27.7 Å². The van der Waals surface area contributed by atoms with Crippen LogP contribution in [0.25, 0.3) is 16.1 Å². The van der Waals surface area contributed by atoms with E-state index in [0.29, 0.717) is 13.2 Å². The van der Waals surface area contributed by atoms with Crippen molar-refractivity contribution < 1.29 is 4.74 Å². The zero-order valence-corrected chi connectivity index (χ0v) is 14.7. The number of benzene rings is 2. The van der Waals surface area contributed by atoms with E-state index in [4.69, 9.17) is 4.74 Å². The fourth-order valence-electron chi connectivity index (χ4n) is 2.65. The maximum atomic E-state index is 5.98. The Bertz CT molecular complexity index is 946. The molecule has 25 heavy (non-hydrogen) atoms. The number of fused-ring (bicyclic) bond motifs is 1. The Balaban J connectivity index is 1.38. The molecule has 0 saturated heterocycles. The number of ether oxygens (including phenoxy) is 1. The van der Waals surface area contributed by atoms with Gasteiger partial charge in [-0.15, -0.1) is 5.10 Å². The quantitative estimate of drug-likeness (QED) is 0.528. The molecule has 6 heteroatoms. The number of aromatic nitrogens is 3. The summed E-state index contributed by atoms with van der Waals surface area (Å²) >= 11 is 1.54. The van der Waals surface area contributed by atoms with Crippen molar-refractivity contribution in [3.63, 3.8) is 0 Å².